The number of hydrogen-bond donors (Lipinski definition) is 2. The van der Waals surface area contributed by atoms with Crippen molar-refractivity contribution < 1.29 is 9.90 Å². The summed E-state index contributed by atoms with van der Waals surface area (Å²) in [5, 5.41) is 24.1. The van der Waals surface area contributed by atoms with Gasteiger partial charge in [0, 0.05) is 12.6 Å². The van der Waals surface area contributed by atoms with Gasteiger partial charge in [0.1, 0.15) is 0 Å². The highest BCUT2D eigenvalue weighted by Crippen LogP contribution is 2.36. The van der Waals surface area contributed by atoms with E-state index in [0.717, 1.165) is 12.8 Å². The Bertz CT molecular complexity index is 434. The molecule has 0 aliphatic heterocycles. The summed E-state index contributed by atoms with van der Waals surface area (Å²) in [7, 11) is 0. The number of aliphatic hydroxyl groups excluding tert-OH is 1. The first kappa shape index (κ1) is 14.3. The molecule has 106 valence electrons. The van der Waals surface area contributed by atoms with Crippen molar-refractivity contribution in [3.63, 3.8) is 0 Å². The molecule has 1 saturated carbocycles. The second-order valence-corrected chi connectivity index (χ2v) is 5.88. The van der Waals surface area contributed by atoms with E-state index in [2.05, 4.69) is 20.8 Å². The summed E-state index contributed by atoms with van der Waals surface area (Å²) in [6.45, 7) is 3.85. The lowest BCUT2D eigenvalue weighted by Gasteiger charge is -2.18. The summed E-state index contributed by atoms with van der Waals surface area (Å²) < 4.78 is 1.79. The van der Waals surface area contributed by atoms with Crippen molar-refractivity contribution in [2.45, 2.75) is 43.9 Å². The van der Waals surface area contributed by atoms with Crippen LogP contribution in [0.15, 0.2) is 5.16 Å². The Morgan fingerprint density at radius 2 is 2.32 bits per heavy atom. The average molecular weight is 285 g/mol. The summed E-state index contributed by atoms with van der Waals surface area (Å²) in [5.41, 5.74) is 0. The van der Waals surface area contributed by atoms with Crippen LogP contribution >= 0.6 is 11.8 Å². The Labute approximate surface area is 116 Å². The first-order valence-corrected chi connectivity index (χ1v) is 7.41. The lowest BCUT2D eigenvalue weighted by molar-refractivity contribution is -0.119. The van der Waals surface area contributed by atoms with Gasteiger partial charge in [-0.1, -0.05) is 18.7 Å². The molecule has 1 aliphatic carbocycles. The van der Waals surface area contributed by atoms with Crippen molar-refractivity contribution in [1.29, 1.82) is 0 Å². The summed E-state index contributed by atoms with van der Waals surface area (Å²) in [5.74, 6) is 0.268. The highest BCUT2D eigenvalue weighted by atomic mass is 32.2. The van der Waals surface area contributed by atoms with Crippen molar-refractivity contribution in [2.75, 3.05) is 12.4 Å². The number of amides is 1. The minimum atomic E-state index is -0.0665. The monoisotopic (exact) mass is 285 g/mol. The molecule has 1 fully saturated rings. The number of thioether (sulfide) groups is 1. The Hall–Kier alpha value is -1.15. The van der Waals surface area contributed by atoms with E-state index < -0.39 is 0 Å². The zero-order valence-corrected chi connectivity index (χ0v) is 11.9. The number of tetrazole rings is 1. The van der Waals surface area contributed by atoms with Crippen LogP contribution in [0.3, 0.4) is 0 Å². The van der Waals surface area contributed by atoms with E-state index in [1.165, 1.54) is 11.8 Å². The Morgan fingerprint density at radius 3 is 2.95 bits per heavy atom. The van der Waals surface area contributed by atoms with Crippen LogP contribution in [0.1, 0.15) is 32.7 Å². The van der Waals surface area contributed by atoms with E-state index in [4.69, 9.17) is 5.11 Å². The molecule has 0 bridgehead atoms. The molecular weight excluding hydrogens is 266 g/mol. The lowest BCUT2D eigenvalue weighted by Crippen LogP contribution is -2.39. The van der Waals surface area contributed by atoms with Gasteiger partial charge in [-0.2, -0.15) is 0 Å². The third-order valence-electron chi connectivity index (χ3n) is 3.22. The first-order valence-electron chi connectivity index (χ1n) is 6.42. The second kappa shape index (κ2) is 6.33. The van der Waals surface area contributed by atoms with Crippen molar-refractivity contribution in [2.24, 2.45) is 5.92 Å². The van der Waals surface area contributed by atoms with Crippen molar-refractivity contribution in [3.05, 3.63) is 0 Å². The smallest absolute Gasteiger partial charge is 0.230 e. The number of nitrogens with zero attached hydrogens (tertiary/aromatic N) is 4. The number of rotatable bonds is 7. The molecule has 0 spiro atoms. The van der Waals surface area contributed by atoms with Gasteiger partial charge in [-0.25, -0.2) is 4.68 Å². The van der Waals surface area contributed by atoms with E-state index in [9.17, 15) is 4.79 Å². The topological polar surface area (TPSA) is 92.9 Å². The molecule has 0 saturated heterocycles. The van der Waals surface area contributed by atoms with Crippen LogP contribution in [-0.2, 0) is 4.79 Å². The molecule has 2 rings (SSSR count). The molecular formula is C11H19N5O2S. The standard InChI is InChI=1S/C11H19N5O2S/c1-7(5-17)8(2)12-10(18)6-19-11-13-14-15-16(11)9-3-4-9/h7-9,17H,3-6H2,1-2H3,(H,12,18). The minimum Gasteiger partial charge on any atom is -0.396 e. The van der Waals surface area contributed by atoms with Crippen molar-refractivity contribution in [3.8, 4) is 0 Å². The highest BCUT2D eigenvalue weighted by molar-refractivity contribution is 7.99. The molecule has 1 aromatic heterocycles. The van der Waals surface area contributed by atoms with Crippen molar-refractivity contribution in [1.82, 2.24) is 25.5 Å². The second-order valence-electron chi connectivity index (χ2n) is 4.94. The maximum atomic E-state index is 11.8. The fourth-order valence-electron chi connectivity index (χ4n) is 1.55. The molecule has 1 aliphatic rings. The number of carbonyl (C=O) groups is 1. The Balaban J connectivity index is 1.78. The highest BCUT2D eigenvalue weighted by Gasteiger charge is 2.28. The van der Waals surface area contributed by atoms with Gasteiger partial charge in [-0.3, -0.25) is 4.79 Å². The zero-order valence-electron chi connectivity index (χ0n) is 11.1. The molecule has 0 aromatic carbocycles. The normalized spacial score (nSPS) is 18.1. The number of aliphatic hydroxyl groups is 1. The summed E-state index contributed by atoms with van der Waals surface area (Å²) in [4.78, 5) is 11.8. The molecule has 2 N–H and O–H groups in total. The van der Waals surface area contributed by atoms with Crippen LogP contribution in [0, 0.1) is 5.92 Å². The first-order chi connectivity index (χ1) is 9.11. The average Bonchev–Trinajstić information content (AvgIpc) is 3.14. The third-order valence-corrected chi connectivity index (χ3v) is 4.15. The van der Waals surface area contributed by atoms with Gasteiger partial charge in [0.25, 0.3) is 0 Å². The predicted molar refractivity (Wildman–Crippen MR) is 70.7 cm³/mol. The molecule has 2 atom stereocenters. The van der Waals surface area contributed by atoms with Crippen LogP contribution in [0.25, 0.3) is 0 Å². The van der Waals surface area contributed by atoms with E-state index in [0.29, 0.717) is 11.2 Å². The molecule has 1 heterocycles. The Kier molecular flexibility index (Phi) is 4.76. The fraction of sp³-hybridized carbons (Fsp3) is 0.818. The van der Waals surface area contributed by atoms with Crippen LogP contribution in [-0.4, -0.2) is 49.6 Å². The number of hydrogen-bond acceptors (Lipinski definition) is 6. The van der Waals surface area contributed by atoms with Crippen LogP contribution < -0.4 is 5.32 Å². The molecule has 2 unspecified atom stereocenters. The lowest BCUT2D eigenvalue weighted by atomic mass is 10.1. The summed E-state index contributed by atoms with van der Waals surface area (Å²) in [6.07, 6.45) is 2.21. The predicted octanol–water partition coefficient (Wildman–Crippen LogP) is 0.233. The van der Waals surface area contributed by atoms with Gasteiger partial charge in [0.2, 0.25) is 11.1 Å². The molecule has 7 nitrogen and oxygen atoms in total. The maximum Gasteiger partial charge on any atom is 0.230 e. The minimum absolute atomic E-state index is 0.0440. The van der Waals surface area contributed by atoms with Gasteiger partial charge < -0.3 is 10.4 Å². The van der Waals surface area contributed by atoms with Gasteiger partial charge in [0.05, 0.1) is 11.8 Å². The van der Waals surface area contributed by atoms with Gasteiger partial charge in [0.15, 0.2) is 0 Å². The van der Waals surface area contributed by atoms with E-state index in [1.54, 1.807) is 4.68 Å². The maximum absolute atomic E-state index is 11.8. The van der Waals surface area contributed by atoms with E-state index >= 15 is 0 Å². The molecule has 1 amide bonds. The molecule has 1 aromatic rings. The van der Waals surface area contributed by atoms with Crippen LogP contribution in [0.5, 0.6) is 0 Å². The van der Waals surface area contributed by atoms with Gasteiger partial charge in [-0.05, 0) is 36.1 Å². The zero-order chi connectivity index (χ0) is 13.8. The molecule has 19 heavy (non-hydrogen) atoms. The number of nitrogens with one attached hydrogen (secondary N) is 1. The van der Waals surface area contributed by atoms with Crippen molar-refractivity contribution >= 4 is 17.7 Å². The van der Waals surface area contributed by atoms with E-state index in [1.807, 2.05) is 13.8 Å². The third kappa shape index (κ3) is 3.90. The molecule has 0 radical (unpaired) electrons. The molecule has 8 heteroatoms. The van der Waals surface area contributed by atoms with E-state index in [-0.39, 0.29) is 30.2 Å². The number of carbonyl (C=O) groups excluding carboxylic acids is 1. The Morgan fingerprint density at radius 1 is 1.58 bits per heavy atom. The quantitative estimate of drug-likeness (QED) is 0.697. The van der Waals surface area contributed by atoms with Gasteiger partial charge >= 0.3 is 0 Å². The summed E-state index contributed by atoms with van der Waals surface area (Å²) >= 11 is 1.34. The largest absolute Gasteiger partial charge is 0.396 e. The number of aromatic nitrogens is 4. The SMILES string of the molecule is CC(CO)C(C)NC(=O)CSc1nnnn1C1CC1. The van der Waals surface area contributed by atoms with Gasteiger partial charge in [-0.15, -0.1) is 5.10 Å². The summed E-state index contributed by atoms with van der Waals surface area (Å²) in [6, 6.07) is 0.367. The van der Waals surface area contributed by atoms with Crippen LogP contribution in [0.4, 0.5) is 0 Å². The fourth-order valence-corrected chi connectivity index (χ4v) is 2.31. The van der Waals surface area contributed by atoms with Crippen LogP contribution in [0.2, 0.25) is 0 Å².